The fraction of sp³-hybridized carbons (Fsp3) is 0.318. The Bertz CT molecular complexity index is 865. The summed E-state index contributed by atoms with van der Waals surface area (Å²) in [6.45, 7) is 0.296. The van der Waals surface area contributed by atoms with E-state index in [1.807, 2.05) is 53.4 Å². The summed E-state index contributed by atoms with van der Waals surface area (Å²) in [5, 5.41) is 0.681. The second kappa shape index (κ2) is 7.65. The molecule has 1 amide bonds. The number of benzene rings is 2. The van der Waals surface area contributed by atoms with Gasteiger partial charge in [0.05, 0.1) is 18.2 Å². The molecule has 0 N–H and O–H groups in total. The van der Waals surface area contributed by atoms with Gasteiger partial charge in [-0.15, -0.1) is 0 Å². The van der Waals surface area contributed by atoms with E-state index in [9.17, 15) is 4.79 Å². The van der Waals surface area contributed by atoms with Crippen molar-refractivity contribution in [2.75, 3.05) is 7.11 Å². The average Bonchev–Trinajstić information content (AvgIpc) is 2.96. The Balaban J connectivity index is 1.52. The van der Waals surface area contributed by atoms with Crippen LogP contribution in [0.2, 0.25) is 5.02 Å². The number of carbonyl (C=O) groups excluding carboxylic acids is 1. The number of hydrogen-bond acceptors (Lipinski definition) is 3. The van der Waals surface area contributed by atoms with Crippen LogP contribution >= 0.6 is 11.6 Å². The van der Waals surface area contributed by atoms with Gasteiger partial charge in [0.15, 0.2) is 0 Å². The molecule has 2 aliphatic rings. The lowest BCUT2D eigenvalue weighted by atomic mass is 9.94. The number of amides is 1. The molecule has 2 aromatic rings. The molecule has 2 atom stereocenters. The first-order chi connectivity index (χ1) is 13.2. The second-order valence-corrected chi connectivity index (χ2v) is 7.37. The summed E-state index contributed by atoms with van der Waals surface area (Å²) in [5.74, 6) is 0.772. The maximum absolute atomic E-state index is 12.7. The number of rotatable bonds is 4. The van der Waals surface area contributed by atoms with E-state index in [0.29, 0.717) is 11.6 Å². The summed E-state index contributed by atoms with van der Waals surface area (Å²) in [5.41, 5.74) is 3.08. The molecule has 2 unspecified atom stereocenters. The molecule has 1 saturated heterocycles. The molecule has 2 heterocycles. The van der Waals surface area contributed by atoms with Crippen LogP contribution in [0.15, 0.2) is 54.6 Å². The molecule has 0 aliphatic carbocycles. The Morgan fingerprint density at radius 3 is 2.70 bits per heavy atom. The van der Waals surface area contributed by atoms with E-state index in [1.165, 1.54) is 0 Å². The molecule has 0 aromatic heterocycles. The third-order valence-electron chi connectivity index (χ3n) is 5.33. The molecular formula is C22H22ClNO3. The van der Waals surface area contributed by atoms with Crippen LogP contribution in [0.25, 0.3) is 5.57 Å². The lowest BCUT2D eigenvalue weighted by molar-refractivity contribution is 0.0832. The van der Waals surface area contributed by atoms with Crippen LogP contribution in [0.1, 0.15) is 30.4 Å². The molecule has 2 aromatic carbocycles. The van der Waals surface area contributed by atoms with Crippen molar-refractivity contribution < 1.29 is 14.3 Å². The zero-order chi connectivity index (χ0) is 18.8. The van der Waals surface area contributed by atoms with E-state index in [-0.39, 0.29) is 18.2 Å². The van der Waals surface area contributed by atoms with E-state index < -0.39 is 0 Å². The summed E-state index contributed by atoms with van der Waals surface area (Å²) in [6, 6.07) is 15.6. The molecule has 0 radical (unpaired) electrons. The Labute approximate surface area is 164 Å². The normalized spacial score (nSPS) is 21.0. The lowest BCUT2D eigenvalue weighted by Crippen LogP contribution is -2.43. The molecule has 140 valence electrons. The molecule has 2 bridgehead atoms. The number of fused-ring (bicyclic) bond motifs is 2. The largest absolute Gasteiger partial charge is 0.496 e. The van der Waals surface area contributed by atoms with Gasteiger partial charge >= 0.3 is 6.09 Å². The Kier molecular flexibility index (Phi) is 5.08. The van der Waals surface area contributed by atoms with Gasteiger partial charge in [0.25, 0.3) is 0 Å². The molecule has 4 nitrogen and oxygen atoms in total. The molecule has 2 aliphatic heterocycles. The standard InChI is InChI=1S/C22H22ClNO3/c1-26-20-9-5-8-19(23)21(20)16-12-17-10-11-18(13-16)24(17)22(25)27-14-15-6-3-2-4-7-15/h2-9,12,17-18H,10-11,13-14H2,1H3. The molecule has 0 spiro atoms. The predicted octanol–water partition coefficient (Wildman–Crippen LogP) is 5.31. The van der Waals surface area contributed by atoms with Gasteiger partial charge in [-0.05, 0) is 42.5 Å². The van der Waals surface area contributed by atoms with Gasteiger partial charge in [-0.1, -0.05) is 54.1 Å². The smallest absolute Gasteiger partial charge is 0.410 e. The van der Waals surface area contributed by atoms with Crippen molar-refractivity contribution in [3.05, 3.63) is 70.8 Å². The third kappa shape index (κ3) is 3.54. The van der Waals surface area contributed by atoms with Gasteiger partial charge in [0.2, 0.25) is 0 Å². The highest BCUT2D eigenvalue weighted by atomic mass is 35.5. The minimum Gasteiger partial charge on any atom is -0.496 e. The van der Waals surface area contributed by atoms with Crippen LogP contribution in [0, 0.1) is 0 Å². The summed E-state index contributed by atoms with van der Waals surface area (Å²) < 4.78 is 11.1. The number of nitrogens with zero attached hydrogens (tertiary/aromatic N) is 1. The van der Waals surface area contributed by atoms with Gasteiger partial charge in [0, 0.05) is 11.6 Å². The summed E-state index contributed by atoms with van der Waals surface area (Å²) in [4.78, 5) is 14.6. The van der Waals surface area contributed by atoms with Gasteiger partial charge in [-0.2, -0.15) is 0 Å². The van der Waals surface area contributed by atoms with E-state index in [1.54, 1.807) is 7.11 Å². The maximum Gasteiger partial charge on any atom is 0.410 e. The third-order valence-corrected chi connectivity index (χ3v) is 5.64. The highest BCUT2D eigenvalue weighted by molar-refractivity contribution is 6.32. The second-order valence-electron chi connectivity index (χ2n) is 6.96. The van der Waals surface area contributed by atoms with E-state index in [0.717, 1.165) is 41.7 Å². The zero-order valence-electron chi connectivity index (χ0n) is 15.2. The van der Waals surface area contributed by atoms with E-state index in [4.69, 9.17) is 21.1 Å². The predicted molar refractivity (Wildman–Crippen MR) is 106 cm³/mol. The van der Waals surface area contributed by atoms with Crippen LogP contribution < -0.4 is 4.74 Å². The Morgan fingerprint density at radius 1 is 1.15 bits per heavy atom. The van der Waals surface area contributed by atoms with Crippen LogP contribution in [0.3, 0.4) is 0 Å². The van der Waals surface area contributed by atoms with E-state index >= 15 is 0 Å². The SMILES string of the molecule is COc1cccc(Cl)c1C1=CC2CCC(C1)N2C(=O)OCc1ccccc1. The van der Waals surface area contributed by atoms with Crippen molar-refractivity contribution in [1.29, 1.82) is 0 Å². The van der Waals surface area contributed by atoms with Crippen LogP contribution in [-0.2, 0) is 11.3 Å². The highest BCUT2D eigenvalue weighted by Gasteiger charge is 2.41. The molecule has 0 saturated carbocycles. The molecule has 5 heteroatoms. The van der Waals surface area contributed by atoms with Crippen LogP contribution in [-0.4, -0.2) is 30.2 Å². The number of hydrogen-bond donors (Lipinski definition) is 0. The fourth-order valence-electron chi connectivity index (χ4n) is 4.08. The Hall–Kier alpha value is -2.46. The van der Waals surface area contributed by atoms with Crippen molar-refractivity contribution in [3.8, 4) is 5.75 Å². The molecule has 27 heavy (non-hydrogen) atoms. The monoisotopic (exact) mass is 383 g/mol. The maximum atomic E-state index is 12.7. The summed E-state index contributed by atoms with van der Waals surface area (Å²) in [6.07, 6.45) is 4.58. The number of carbonyl (C=O) groups is 1. The molecule has 1 fully saturated rings. The number of methoxy groups -OCH3 is 1. The quantitative estimate of drug-likeness (QED) is 0.718. The van der Waals surface area contributed by atoms with Crippen LogP contribution in [0.4, 0.5) is 4.79 Å². The summed E-state index contributed by atoms with van der Waals surface area (Å²) >= 11 is 6.45. The van der Waals surface area contributed by atoms with E-state index in [2.05, 4.69) is 6.08 Å². The van der Waals surface area contributed by atoms with Crippen molar-refractivity contribution in [2.45, 2.75) is 38.0 Å². The first-order valence-corrected chi connectivity index (χ1v) is 9.57. The first-order valence-electron chi connectivity index (χ1n) is 9.20. The first kappa shape index (κ1) is 17.9. The van der Waals surface area contributed by atoms with Crippen molar-refractivity contribution >= 4 is 23.3 Å². The lowest BCUT2D eigenvalue weighted by Gasteiger charge is -2.33. The molecular weight excluding hydrogens is 362 g/mol. The van der Waals surface area contributed by atoms with Crippen LogP contribution in [0.5, 0.6) is 5.75 Å². The fourth-order valence-corrected chi connectivity index (χ4v) is 4.37. The van der Waals surface area contributed by atoms with Gasteiger partial charge < -0.3 is 9.47 Å². The highest BCUT2D eigenvalue weighted by Crippen LogP contribution is 2.43. The van der Waals surface area contributed by atoms with Crippen molar-refractivity contribution in [2.24, 2.45) is 0 Å². The van der Waals surface area contributed by atoms with Crippen molar-refractivity contribution in [1.82, 2.24) is 4.90 Å². The minimum atomic E-state index is -0.243. The van der Waals surface area contributed by atoms with Gasteiger partial charge in [0.1, 0.15) is 12.4 Å². The number of halogens is 1. The van der Waals surface area contributed by atoms with Gasteiger partial charge in [-0.25, -0.2) is 4.79 Å². The zero-order valence-corrected chi connectivity index (χ0v) is 16.0. The number of ether oxygens (including phenoxy) is 2. The molecule has 4 rings (SSSR count). The average molecular weight is 384 g/mol. The van der Waals surface area contributed by atoms with Crippen molar-refractivity contribution in [3.63, 3.8) is 0 Å². The minimum absolute atomic E-state index is 0.0444. The van der Waals surface area contributed by atoms with Gasteiger partial charge in [-0.3, -0.25) is 4.90 Å². The summed E-state index contributed by atoms with van der Waals surface area (Å²) in [7, 11) is 1.65. The topological polar surface area (TPSA) is 38.8 Å². The Morgan fingerprint density at radius 2 is 1.96 bits per heavy atom.